The molecule has 2 aromatic carbocycles. The van der Waals surface area contributed by atoms with E-state index < -0.39 is 6.09 Å². The van der Waals surface area contributed by atoms with Crippen LogP contribution in [0.15, 0.2) is 53.8 Å². The number of fused-ring (bicyclic) bond motifs is 1. The zero-order chi connectivity index (χ0) is 19.2. The van der Waals surface area contributed by atoms with Gasteiger partial charge in [-0.05, 0) is 43.2 Å². The molecule has 1 N–H and O–H groups in total. The van der Waals surface area contributed by atoms with Crippen LogP contribution in [0.1, 0.15) is 16.7 Å². The van der Waals surface area contributed by atoms with E-state index in [1.807, 2.05) is 30.5 Å². The number of hydrogen-bond donors (Lipinski definition) is 1. The van der Waals surface area contributed by atoms with Crippen molar-refractivity contribution in [2.75, 3.05) is 13.7 Å². The van der Waals surface area contributed by atoms with Gasteiger partial charge in [0.15, 0.2) is 0 Å². The number of hydrazone groups is 1. The first-order valence-corrected chi connectivity index (χ1v) is 8.73. The SMILES string of the molecule is COC(=O)N/N=C/c1cn(CCOc2ccc(C)c(C)c2)c2ccccc12. The predicted octanol–water partition coefficient (Wildman–Crippen LogP) is 4.03. The summed E-state index contributed by atoms with van der Waals surface area (Å²) in [5.41, 5.74) is 6.77. The molecule has 0 fully saturated rings. The summed E-state index contributed by atoms with van der Waals surface area (Å²) in [6.45, 7) is 5.42. The van der Waals surface area contributed by atoms with E-state index in [-0.39, 0.29) is 0 Å². The Bertz CT molecular complexity index is 976. The highest BCUT2D eigenvalue weighted by Gasteiger charge is 2.07. The van der Waals surface area contributed by atoms with E-state index in [0.29, 0.717) is 13.2 Å². The molecule has 0 aliphatic rings. The Morgan fingerprint density at radius 3 is 2.78 bits per heavy atom. The van der Waals surface area contributed by atoms with Gasteiger partial charge in [0.05, 0.1) is 19.9 Å². The number of para-hydroxylation sites is 1. The number of rotatable bonds is 6. The number of aryl methyl sites for hydroxylation is 2. The summed E-state index contributed by atoms with van der Waals surface area (Å²) in [5, 5.41) is 4.98. The van der Waals surface area contributed by atoms with Crippen LogP contribution in [-0.2, 0) is 11.3 Å². The third kappa shape index (κ3) is 4.47. The van der Waals surface area contributed by atoms with E-state index in [2.05, 4.69) is 51.9 Å². The predicted molar refractivity (Wildman–Crippen MR) is 106 cm³/mol. The molecule has 27 heavy (non-hydrogen) atoms. The Labute approximate surface area is 158 Å². The highest BCUT2D eigenvalue weighted by molar-refractivity contribution is 5.99. The van der Waals surface area contributed by atoms with Gasteiger partial charge in [-0.2, -0.15) is 5.10 Å². The quantitative estimate of drug-likeness (QED) is 0.530. The molecule has 1 heterocycles. The Hall–Kier alpha value is -3.28. The van der Waals surface area contributed by atoms with Crippen LogP contribution in [0.4, 0.5) is 4.79 Å². The molecule has 6 heteroatoms. The lowest BCUT2D eigenvalue weighted by molar-refractivity contribution is 0.171. The third-order valence-electron chi connectivity index (χ3n) is 4.44. The molecule has 0 bridgehead atoms. The normalized spacial score (nSPS) is 11.1. The molecule has 6 nitrogen and oxygen atoms in total. The van der Waals surface area contributed by atoms with Crippen LogP contribution in [0.3, 0.4) is 0 Å². The number of ether oxygens (including phenoxy) is 2. The average Bonchev–Trinajstić information content (AvgIpc) is 3.02. The average molecular weight is 365 g/mol. The van der Waals surface area contributed by atoms with Crippen molar-refractivity contribution in [1.82, 2.24) is 9.99 Å². The smallest absolute Gasteiger partial charge is 0.427 e. The fourth-order valence-electron chi connectivity index (χ4n) is 2.83. The number of hydrogen-bond acceptors (Lipinski definition) is 4. The summed E-state index contributed by atoms with van der Waals surface area (Å²) in [5.74, 6) is 0.874. The van der Waals surface area contributed by atoms with Gasteiger partial charge in [-0.15, -0.1) is 0 Å². The fourth-order valence-corrected chi connectivity index (χ4v) is 2.83. The van der Waals surface area contributed by atoms with Crippen molar-refractivity contribution in [2.45, 2.75) is 20.4 Å². The highest BCUT2D eigenvalue weighted by Crippen LogP contribution is 2.21. The van der Waals surface area contributed by atoms with E-state index in [1.54, 1.807) is 6.21 Å². The first-order valence-electron chi connectivity index (χ1n) is 8.73. The van der Waals surface area contributed by atoms with Crippen LogP contribution < -0.4 is 10.2 Å². The molecule has 140 valence electrons. The van der Waals surface area contributed by atoms with Gasteiger partial charge in [0, 0.05) is 22.7 Å². The van der Waals surface area contributed by atoms with Crippen molar-refractivity contribution >= 4 is 23.2 Å². The largest absolute Gasteiger partial charge is 0.492 e. The van der Waals surface area contributed by atoms with E-state index in [4.69, 9.17) is 4.74 Å². The second-order valence-corrected chi connectivity index (χ2v) is 6.25. The van der Waals surface area contributed by atoms with Crippen LogP contribution in [-0.4, -0.2) is 30.6 Å². The van der Waals surface area contributed by atoms with Crippen LogP contribution in [0.2, 0.25) is 0 Å². The molecule has 1 aromatic heterocycles. The molecule has 1 amide bonds. The summed E-state index contributed by atoms with van der Waals surface area (Å²) in [7, 11) is 1.30. The molecule has 3 rings (SSSR count). The molecule has 0 aliphatic carbocycles. The van der Waals surface area contributed by atoms with Gasteiger partial charge in [0.2, 0.25) is 0 Å². The van der Waals surface area contributed by atoms with Crippen LogP contribution in [0.25, 0.3) is 10.9 Å². The second kappa shape index (κ2) is 8.40. The summed E-state index contributed by atoms with van der Waals surface area (Å²) >= 11 is 0. The maximum absolute atomic E-state index is 11.1. The number of carbonyl (C=O) groups is 1. The number of aromatic nitrogens is 1. The molecule has 0 aliphatic heterocycles. The van der Waals surface area contributed by atoms with Crippen molar-refractivity contribution in [2.24, 2.45) is 5.10 Å². The Morgan fingerprint density at radius 1 is 1.19 bits per heavy atom. The van der Waals surface area contributed by atoms with Gasteiger partial charge in [-0.3, -0.25) is 0 Å². The lowest BCUT2D eigenvalue weighted by Crippen LogP contribution is -2.16. The molecule has 3 aromatic rings. The number of nitrogens with one attached hydrogen (secondary N) is 1. The van der Waals surface area contributed by atoms with Crippen LogP contribution in [0.5, 0.6) is 5.75 Å². The minimum absolute atomic E-state index is 0.554. The van der Waals surface area contributed by atoms with Crippen molar-refractivity contribution in [3.8, 4) is 5.75 Å². The molecular weight excluding hydrogens is 342 g/mol. The minimum atomic E-state index is -0.600. The summed E-state index contributed by atoms with van der Waals surface area (Å²) in [6.07, 6.45) is 3.01. The number of carbonyl (C=O) groups excluding carboxylic acids is 1. The van der Waals surface area contributed by atoms with Crippen molar-refractivity contribution in [3.63, 3.8) is 0 Å². The molecule has 0 unspecified atom stereocenters. The summed E-state index contributed by atoms with van der Waals surface area (Å²) in [4.78, 5) is 11.1. The number of nitrogens with zero attached hydrogens (tertiary/aromatic N) is 2. The fraction of sp³-hybridized carbons (Fsp3) is 0.238. The van der Waals surface area contributed by atoms with Crippen molar-refractivity contribution in [1.29, 1.82) is 0 Å². The van der Waals surface area contributed by atoms with Crippen LogP contribution in [0, 0.1) is 13.8 Å². The minimum Gasteiger partial charge on any atom is -0.492 e. The maximum Gasteiger partial charge on any atom is 0.427 e. The van der Waals surface area contributed by atoms with Gasteiger partial charge in [0.1, 0.15) is 12.4 Å². The second-order valence-electron chi connectivity index (χ2n) is 6.25. The standard InChI is InChI=1S/C21H23N3O3/c1-15-8-9-18(12-16(15)2)27-11-10-24-14-17(13-22-23-21(25)26-3)19-6-4-5-7-20(19)24/h4-9,12-14H,10-11H2,1-3H3,(H,23,25)/b22-13+. The monoisotopic (exact) mass is 365 g/mol. The topological polar surface area (TPSA) is 64.8 Å². The van der Waals surface area contributed by atoms with Gasteiger partial charge in [0.25, 0.3) is 0 Å². The molecule has 0 radical (unpaired) electrons. The zero-order valence-electron chi connectivity index (χ0n) is 15.7. The molecule has 0 saturated heterocycles. The highest BCUT2D eigenvalue weighted by atomic mass is 16.5. The zero-order valence-corrected chi connectivity index (χ0v) is 15.7. The first-order chi connectivity index (χ1) is 13.1. The van der Waals surface area contributed by atoms with Gasteiger partial charge < -0.3 is 14.0 Å². The maximum atomic E-state index is 11.1. The lowest BCUT2D eigenvalue weighted by Gasteiger charge is -2.10. The Morgan fingerprint density at radius 2 is 2.00 bits per heavy atom. The van der Waals surface area contributed by atoms with Gasteiger partial charge in [-0.25, -0.2) is 10.2 Å². The molecular formula is C21H23N3O3. The number of amides is 1. The number of benzene rings is 2. The van der Waals surface area contributed by atoms with E-state index >= 15 is 0 Å². The van der Waals surface area contributed by atoms with Crippen molar-refractivity contribution in [3.05, 3.63) is 65.4 Å². The van der Waals surface area contributed by atoms with Gasteiger partial charge >= 0.3 is 6.09 Å². The Kier molecular flexibility index (Phi) is 5.76. The van der Waals surface area contributed by atoms with Crippen LogP contribution >= 0.6 is 0 Å². The van der Waals surface area contributed by atoms with E-state index in [9.17, 15) is 4.79 Å². The molecule has 0 atom stereocenters. The summed E-state index contributed by atoms with van der Waals surface area (Å²) in [6, 6.07) is 14.2. The Balaban J connectivity index is 1.72. The molecule has 0 saturated carbocycles. The first kappa shape index (κ1) is 18.5. The molecule has 0 spiro atoms. The summed E-state index contributed by atoms with van der Waals surface area (Å²) < 4.78 is 12.5. The van der Waals surface area contributed by atoms with E-state index in [0.717, 1.165) is 22.2 Å². The van der Waals surface area contributed by atoms with Crippen molar-refractivity contribution < 1.29 is 14.3 Å². The van der Waals surface area contributed by atoms with Gasteiger partial charge in [-0.1, -0.05) is 24.3 Å². The van der Waals surface area contributed by atoms with E-state index in [1.165, 1.54) is 18.2 Å². The number of methoxy groups -OCH3 is 1. The lowest BCUT2D eigenvalue weighted by atomic mass is 10.1. The third-order valence-corrected chi connectivity index (χ3v) is 4.44.